The Labute approximate surface area is 117 Å². The normalized spacial score (nSPS) is 12.4. The molecule has 106 valence electrons. The molecule has 0 radical (unpaired) electrons. The summed E-state index contributed by atoms with van der Waals surface area (Å²) in [5.74, 6) is 0.412. The van der Waals surface area contributed by atoms with E-state index in [0.29, 0.717) is 5.82 Å². The number of aliphatic carboxylic acids is 1. The van der Waals surface area contributed by atoms with Crippen LogP contribution >= 0.6 is 0 Å². The minimum atomic E-state index is -0.882. The maximum atomic E-state index is 11.3. The molecule has 2 rings (SSSR count). The molecule has 1 unspecified atom stereocenters. The molecule has 2 N–H and O–H groups in total. The van der Waals surface area contributed by atoms with E-state index in [4.69, 9.17) is 4.74 Å². The molecule has 0 saturated carbocycles. The number of anilines is 1. The smallest absolute Gasteiger partial charge is 0.326 e. The van der Waals surface area contributed by atoms with Gasteiger partial charge in [-0.1, -0.05) is 13.8 Å². The number of nitrogens with one attached hydrogen (secondary N) is 1. The molecule has 1 atom stereocenters. The quantitative estimate of drug-likeness (QED) is 0.877. The fourth-order valence-corrected chi connectivity index (χ4v) is 2.06. The lowest BCUT2D eigenvalue weighted by Gasteiger charge is -2.19. The molecule has 0 aliphatic heterocycles. The number of carboxylic acid groups (broad SMARTS) is 1. The molecule has 0 spiro atoms. The van der Waals surface area contributed by atoms with Crippen LogP contribution in [0.25, 0.3) is 10.8 Å². The number of methoxy groups -OCH3 is 1. The summed E-state index contributed by atoms with van der Waals surface area (Å²) < 4.78 is 5.18. The predicted octanol–water partition coefficient (Wildman–Crippen LogP) is 2.76. The molecule has 0 amide bonds. The number of rotatable bonds is 5. The lowest BCUT2D eigenvalue weighted by Crippen LogP contribution is -2.34. The maximum absolute atomic E-state index is 11.3. The van der Waals surface area contributed by atoms with Gasteiger partial charge in [-0.3, -0.25) is 0 Å². The van der Waals surface area contributed by atoms with Gasteiger partial charge in [0, 0.05) is 11.6 Å². The lowest BCUT2D eigenvalue weighted by atomic mass is 10.0. The summed E-state index contributed by atoms with van der Waals surface area (Å²) in [6.07, 6.45) is 1.66. The Morgan fingerprint density at radius 1 is 1.35 bits per heavy atom. The van der Waals surface area contributed by atoms with Gasteiger partial charge in [0.25, 0.3) is 0 Å². The molecule has 0 aliphatic carbocycles. The fraction of sp³-hybridized carbons (Fsp3) is 0.333. The second-order valence-electron chi connectivity index (χ2n) is 4.95. The molecular formula is C15H18N2O3. The van der Waals surface area contributed by atoms with Crippen molar-refractivity contribution in [2.75, 3.05) is 12.4 Å². The second kappa shape index (κ2) is 5.77. The van der Waals surface area contributed by atoms with Crippen LogP contribution in [0.2, 0.25) is 0 Å². The average molecular weight is 274 g/mol. The van der Waals surface area contributed by atoms with Gasteiger partial charge in [-0.05, 0) is 35.6 Å². The van der Waals surface area contributed by atoms with Gasteiger partial charge in [-0.2, -0.15) is 0 Å². The van der Waals surface area contributed by atoms with Crippen LogP contribution < -0.4 is 10.1 Å². The Kier molecular flexibility index (Phi) is 4.08. The predicted molar refractivity (Wildman–Crippen MR) is 78.2 cm³/mol. The SMILES string of the molecule is COc1ccc2c(NC(C(=O)O)C(C)C)nccc2c1. The largest absolute Gasteiger partial charge is 0.497 e. The number of hydrogen-bond acceptors (Lipinski definition) is 4. The molecule has 1 aromatic carbocycles. The van der Waals surface area contributed by atoms with Crippen molar-refractivity contribution in [1.82, 2.24) is 4.98 Å². The molecule has 2 aromatic rings. The molecule has 20 heavy (non-hydrogen) atoms. The van der Waals surface area contributed by atoms with E-state index < -0.39 is 12.0 Å². The lowest BCUT2D eigenvalue weighted by molar-refractivity contribution is -0.138. The first-order chi connectivity index (χ1) is 9.52. The Morgan fingerprint density at radius 2 is 2.10 bits per heavy atom. The minimum Gasteiger partial charge on any atom is -0.497 e. The summed E-state index contributed by atoms with van der Waals surface area (Å²) in [6, 6.07) is 6.81. The third kappa shape index (κ3) is 2.82. The summed E-state index contributed by atoms with van der Waals surface area (Å²) in [4.78, 5) is 15.5. The minimum absolute atomic E-state index is 0.0391. The van der Waals surface area contributed by atoms with Gasteiger partial charge in [-0.25, -0.2) is 9.78 Å². The molecule has 5 heteroatoms. The van der Waals surface area contributed by atoms with E-state index in [-0.39, 0.29) is 5.92 Å². The van der Waals surface area contributed by atoms with E-state index in [1.807, 2.05) is 38.1 Å². The van der Waals surface area contributed by atoms with Crippen LogP contribution in [0.15, 0.2) is 30.5 Å². The van der Waals surface area contributed by atoms with Crippen LogP contribution in [-0.2, 0) is 4.79 Å². The van der Waals surface area contributed by atoms with Gasteiger partial charge in [0.15, 0.2) is 0 Å². The number of fused-ring (bicyclic) bond motifs is 1. The van der Waals surface area contributed by atoms with Crippen molar-refractivity contribution < 1.29 is 14.6 Å². The van der Waals surface area contributed by atoms with Crippen LogP contribution in [0.3, 0.4) is 0 Å². The van der Waals surface area contributed by atoms with E-state index in [2.05, 4.69) is 10.3 Å². The highest BCUT2D eigenvalue weighted by Gasteiger charge is 2.22. The van der Waals surface area contributed by atoms with Crippen molar-refractivity contribution in [3.8, 4) is 5.75 Å². The summed E-state index contributed by atoms with van der Waals surface area (Å²) >= 11 is 0. The number of nitrogens with zero attached hydrogens (tertiary/aromatic N) is 1. The van der Waals surface area contributed by atoms with Crippen molar-refractivity contribution in [3.05, 3.63) is 30.5 Å². The van der Waals surface area contributed by atoms with Crippen LogP contribution in [-0.4, -0.2) is 29.2 Å². The van der Waals surface area contributed by atoms with Crippen molar-refractivity contribution >= 4 is 22.6 Å². The highest BCUT2D eigenvalue weighted by Crippen LogP contribution is 2.26. The zero-order valence-electron chi connectivity index (χ0n) is 11.8. The first-order valence-electron chi connectivity index (χ1n) is 6.45. The number of carboxylic acids is 1. The van der Waals surface area contributed by atoms with E-state index in [1.165, 1.54) is 0 Å². The van der Waals surface area contributed by atoms with Gasteiger partial charge in [0.1, 0.15) is 17.6 Å². The van der Waals surface area contributed by atoms with Crippen LogP contribution in [0, 0.1) is 5.92 Å². The van der Waals surface area contributed by atoms with E-state index in [1.54, 1.807) is 13.3 Å². The number of benzene rings is 1. The van der Waals surface area contributed by atoms with Gasteiger partial charge >= 0.3 is 5.97 Å². The van der Waals surface area contributed by atoms with E-state index >= 15 is 0 Å². The fourth-order valence-electron chi connectivity index (χ4n) is 2.06. The maximum Gasteiger partial charge on any atom is 0.326 e. The van der Waals surface area contributed by atoms with Gasteiger partial charge < -0.3 is 15.2 Å². The molecule has 0 aliphatic rings. The second-order valence-corrected chi connectivity index (χ2v) is 4.95. The zero-order chi connectivity index (χ0) is 14.7. The summed E-state index contributed by atoms with van der Waals surface area (Å²) in [5.41, 5.74) is 0. The van der Waals surface area contributed by atoms with Crippen LogP contribution in [0.1, 0.15) is 13.8 Å². The Bertz CT molecular complexity index is 626. The highest BCUT2D eigenvalue weighted by atomic mass is 16.5. The summed E-state index contributed by atoms with van der Waals surface area (Å²) in [6.45, 7) is 3.72. The van der Waals surface area contributed by atoms with E-state index in [9.17, 15) is 9.90 Å². The average Bonchev–Trinajstić information content (AvgIpc) is 2.43. The first kappa shape index (κ1) is 14.1. The molecule has 0 saturated heterocycles. The first-order valence-corrected chi connectivity index (χ1v) is 6.45. The Balaban J connectivity index is 2.41. The highest BCUT2D eigenvalue weighted by molar-refractivity contribution is 5.94. The van der Waals surface area contributed by atoms with Gasteiger partial charge in [0.05, 0.1) is 7.11 Å². The van der Waals surface area contributed by atoms with Crippen molar-refractivity contribution in [1.29, 1.82) is 0 Å². The van der Waals surface area contributed by atoms with Crippen molar-refractivity contribution in [2.24, 2.45) is 5.92 Å². The third-order valence-corrected chi connectivity index (χ3v) is 3.20. The Morgan fingerprint density at radius 3 is 2.70 bits per heavy atom. The van der Waals surface area contributed by atoms with E-state index in [0.717, 1.165) is 16.5 Å². The molecule has 5 nitrogen and oxygen atoms in total. The van der Waals surface area contributed by atoms with Gasteiger partial charge in [0.2, 0.25) is 0 Å². The number of hydrogen-bond donors (Lipinski definition) is 2. The van der Waals surface area contributed by atoms with Gasteiger partial charge in [-0.15, -0.1) is 0 Å². The molecule has 0 fully saturated rings. The molecule has 1 heterocycles. The Hall–Kier alpha value is -2.30. The summed E-state index contributed by atoms with van der Waals surface area (Å²) in [5, 5.41) is 14.1. The van der Waals surface area contributed by atoms with Crippen molar-refractivity contribution in [2.45, 2.75) is 19.9 Å². The molecular weight excluding hydrogens is 256 g/mol. The zero-order valence-corrected chi connectivity index (χ0v) is 11.8. The standard InChI is InChI=1S/C15H18N2O3/c1-9(2)13(15(18)19)17-14-12-5-4-11(20-3)8-10(12)6-7-16-14/h4-9,13H,1-3H3,(H,16,17)(H,18,19). The topological polar surface area (TPSA) is 71.5 Å². The molecule has 1 aromatic heterocycles. The van der Waals surface area contributed by atoms with Crippen LogP contribution in [0.4, 0.5) is 5.82 Å². The third-order valence-electron chi connectivity index (χ3n) is 3.20. The number of pyridine rings is 1. The molecule has 0 bridgehead atoms. The number of aromatic nitrogens is 1. The number of carbonyl (C=O) groups is 1. The number of ether oxygens (including phenoxy) is 1. The summed E-state index contributed by atoms with van der Waals surface area (Å²) in [7, 11) is 1.61. The monoisotopic (exact) mass is 274 g/mol. The van der Waals surface area contributed by atoms with Crippen molar-refractivity contribution in [3.63, 3.8) is 0 Å². The van der Waals surface area contributed by atoms with Crippen LogP contribution in [0.5, 0.6) is 5.75 Å².